The normalized spacial score (nSPS) is 11.6. The van der Waals surface area contributed by atoms with Gasteiger partial charge in [-0.15, -0.1) is 0 Å². The molecule has 0 saturated carbocycles. The van der Waals surface area contributed by atoms with Gasteiger partial charge < -0.3 is 34.7 Å². The molecule has 1 unspecified atom stereocenters. The number of benzene rings is 2. The summed E-state index contributed by atoms with van der Waals surface area (Å²) in [6.07, 6.45) is 1.63. The number of carbonyl (C=O) groups is 3. The van der Waals surface area contributed by atoms with E-state index < -0.39 is 24.2 Å². The molecule has 37 heavy (non-hydrogen) atoms. The Labute approximate surface area is 216 Å². The number of carboxylic acid groups (broad SMARTS) is 1. The van der Waals surface area contributed by atoms with E-state index in [1.54, 1.807) is 38.1 Å². The second-order valence-corrected chi connectivity index (χ2v) is 8.17. The lowest BCUT2D eigenvalue weighted by molar-refractivity contribution is -0.124. The van der Waals surface area contributed by atoms with Crippen LogP contribution in [0.1, 0.15) is 38.8 Å². The van der Waals surface area contributed by atoms with Crippen LogP contribution in [0.5, 0.6) is 17.2 Å². The Balaban J connectivity index is 1.84. The van der Waals surface area contributed by atoms with Crippen molar-refractivity contribution < 1.29 is 38.4 Å². The van der Waals surface area contributed by atoms with Crippen LogP contribution in [0, 0.1) is 5.92 Å². The van der Waals surface area contributed by atoms with Gasteiger partial charge in [-0.3, -0.25) is 4.79 Å². The van der Waals surface area contributed by atoms with Gasteiger partial charge in [0, 0.05) is 6.07 Å². The average molecular weight is 515 g/mol. The van der Waals surface area contributed by atoms with Crippen LogP contribution in [0.2, 0.25) is 0 Å². The van der Waals surface area contributed by atoms with Crippen molar-refractivity contribution in [3.63, 3.8) is 0 Å². The molecule has 10 nitrogen and oxygen atoms in total. The minimum Gasteiger partial charge on any atom is -0.494 e. The fourth-order valence-corrected chi connectivity index (χ4v) is 3.24. The van der Waals surface area contributed by atoms with E-state index in [1.807, 2.05) is 44.2 Å². The topological polar surface area (TPSA) is 132 Å². The van der Waals surface area contributed by atoms with Gasteiger partial charge in [0.1, 0.15) is 29.9 Å². The standard InChI is InChI=1S/C27H34N2O8/c1-5-34-22-15-20(16-23(17-22)35-6-2)8-7-19-9-11-21(12-10-19)37-27(33)36-14-13-28-25(30)24(18(3)4)29-26(31)32/h7-12,15-18,24,29H,5-6,13-14H2,1-4H3,(H,28,30)(H,31,32). The summed E-state index contributed by atoms with van der Waals surface area (Å²) in [6, 6.07) is 11.6. The SMILES string of the molecule is CCOc1cc(C=Cc2ccc(OC(=O)OCCNC(=O)C(NC(=O)O)C(C)C)cc2)cc(OCC)c1. The molecule has 0 aliphatic rings. The monoisotopic (exact) mass is 514 g/mol. The zero-order valence-corrected chi connectivity index (χ0v) is 21.5. The van der Waals surface area contributed by atoms with Crippen LogP contribution in [0.3, 0.4) is 0 Å². The largest absolute Gasteiger partial charge is 0.513 e. The highest BCUT2D eigenvalue weighted by Crippen LogP contribution is 2.25. The van der Waals surface area contributed by atoms with E-state index in [2.05, 4.69) is 10.6 Å². The first-order valence-corrected chi connectivity index (χ1v) is 12.0. The first kappa shape index (κ1) is 29.0. The first-order chi connectivity index (χ1) is 17.7. The molecule has 0 aliphatic carbocycles. The molecule has 200 valence electrons. The maximum atomic E-state index is 12.1. The fraction of sp³-hybridized carbons (Fsp3) is 0.370. The molecule has 0 saturated heterocycles. The molecule has 0 aromatic heterocycles. The van der Waals surface area contributed by atoms with Crippen LogP contribution < -0.4 is 24.8 Å². The van der Waals surface area contributed by atoms with Crippen molar-refractivity contribution in [3.8, 4) is 17.2 Å². The Bertz CT molecular complexity index is 1040. The highest BCUT2D eigenvalue weighted by molar-refractivity contribution is 5.85. The molecule has 2 aromatic rings. The number of amides is 2. The van der Waals surface area contributed by atoms with Gasteiger partial charge in [-0.05, 0) is 55.2 Å². The van der Waals surface area contributed by atoms with Gasteiger partial charge >= 0.3 is 12.2 Å². The van der Waals surface area contributed by atoms with E-state index in [0.29, 0.717) is 19.0 Å². The molecule has 2 aromatic carbocycles. The van der Waals surface area contributed by atoms with Crippen molar-refractivity contribution >= 4 is 30.3 Å². The van der Waals surface area contributed by atoms with Gasteiger partial charge in [-0.2, -0.15) is 0 Å². The van der Waals surface area contributed by atoms with Gasteiger partial charge in [0.15, 0.2) is 0 Å². The Morgan fingerprint density at radius 3 is 2.03 bits per heavy atom. The van der Waals surface area contributed by atoms with E-state index in [1.165, 1.54) is 0 Å². The number of nitrogens with one attached hydrogen (secondary N) is 2. The van der Waals surface area contributed by atoms with Crippen LogP contribution in [0.4, 0.5) is 9.59 Å². The third kappa shape index (κ3) is 10.5. The van der Waals surface area contributed by atoms with Crippen LogP contribution in [0.25, 0.3) is 12.2 Å². The molecule has 0 aliphatic heterocycles. The lowest BCUT2D eigenvalue weighted by atomic mass is 10.0. The van der Waals surface area contributed by atoms with E-state index >= 15 is 0 Å². The van der Waals surface area contributed by atoms with Crippen molar-refractivity contribution in [2.75, 3.05) is 26.4 Å². The second kappa shape index (κ2) is 15.0. The summed E-state index contributed by atoms with van der Waals surface area (Å²) in [5.74, 6) is 1.01. The van der Waals surface area contributed by atoms with Gasteiger partial charge in [0.2, 0.25) is 5.91 Å². The van der Waals surface area contributed by atoms with Gasteiger partial charge in [0.25, 0.3) is 0 Å². The molecule has 0 spiro atoms. The third-order valence-corrected chi connectivity index (χ3v) is 4.92. The maximum Gasteiger partial charge on any atom is 0.513 e. The number of carbonyl (C=O) groups excluding carboxylic acids is 2. The molecular formula is C27H34N2O8. The minimum atomic E-state index is -1.29. The zero-order chi connectivity index (χ0) is 27.2. The number of hydrogen-bond acceptors (Lipinski definition) is 7. The van der Waals surface area contributed by atoms with E-state index in [0.717, 1.165) is 22.6 Å². The van der Waals surface area contributed by atoms with Crippen LogP contribution in [-0.2, 0) is 9.53 Å². The highest BCUT2D eigenvalue weighted by Gasteiger charge is 2.23. The van der Waals surface area contributed by atoms with Crippen molar-refractivity contribution in [2.45, 2.75) is 33.7 Å². The van der Waals surface area contributed by atoms with Crippen LogP contribution in [0.15, 0.2) is 42.5 Å². The zero-order valence-electron chi connectivity index (χ0n) is 21.5. The summed E-state index contributed by atoms with van der Waals surface area (Å²) in [7, 11) is 0. The average Bonchev–Trinajstić information content (AvgIpc) is 2.84. The van der Waals surface area contributed by atoms with E-state index in [9.17, 15) is 14.4 Å². The number of hydrogen-bond donors (Lipinski definition) is 3. The smallest absolute Gasteiger partial charge is 0.494 e. The van der Waals surface area contributed by atoms with Gasteiger partial charge in [-0.1, -0.05) is 38.1 Å². The van der Waals surface area contributed by atoms with E-state index in [4.69, 9.17) is 24.1 Å². The lowest BCUT2D eigenvalue weighted by Crippen LogP contribution is -2.49. The second-order valence-electron chi connectivity index (χ2n) is 8.17. The molecule has 0 bridgehead atoms. The Hall–Kier alpha value is -4.21. The molecule has 3 N–H and O–H groups in total. The summed E-state index contributed by atoms with van der Waals surface area (Å²) in [5, 5.41) is 13.5. The predicted molar refractivity (Wildman–Crippen MR) is 139 cm³/mol. The van der Waals surface area contributed by atoms with Crippen LogP contribution in [-0.4, -0.2) is 55.7 Å². The maximum absolute atomic E-state index is 12.1. The molecule has 2 amide bonds. The fourth-order valence-electron chi connectivity index (χ4n) is 3.24. The molecule has 2 rings (SSSR count). The molecule has 0 heterocycles. The van der Waals surface area contributed by atoms with Crippen molar-refractivity contribution in [2.24, 2.45) is 5.92 Å². The summed E-state index contributed by atoms with van der Waals surface area (Å²) < 4.78 is 21.3. The first-order valence-electron chi connectivity index (χ1n) is 12.0. The minimum absolute atomic E-state index is 0.0116. The summed E-state index contributed by atoms with van der Waals surface area (Å²) >= 11 is 0. The van der Waals surface area contributed by atoms with Gasteiger partial charge in [-0.25, -0.2) is 9.59 Å². The van der Waals surface area contributed by atoms with Crippen molar-refractivity contribution in [1.29, 1.82) is 0 Å². The molecule has 10 heteroatoms. The van der Waals surface area contributed by atoms with Crippen LogP contribution >= 0.6 is 0 Å². The summed E-state index contributed by atoms with van der Waals surface area (Å²) in [4.78, 5) is 34.8. The molecule has 0 fully saturated rings. The Morgan fingerprint density at radius 2 is 1.49 bits per heavy atom. The summed E-state index contributed by atoms with van der Waals surface area (Å²) in [6.45, 7) is 8.27. The molecule has 1 atom stereocenters. The quantitative estimate of drug-likeness (QED) is 0.153. The Kier molecular flexibility index (Phi) is 11.8. The van der Waals surface area contributed by atoms with Crippen molar-refractivity contribution in [1.82, 2.24) is 10.6 Å². The van der Waals surface area contributed by atoms with Crippen molar-refractivity contribution in [3.05, 3.63) is 53.6 Å². The Morgan fingerprint density at radius 1 is 0.892 bits per heavy atom. The predicted octanol–water partition coefficient (Wildman–Crippen LogP) is 4.58. The molecule has 0 radical (unpaired) electrons. The van der Waals surface area contributed by atoms with E-state index in [-0.39, 0.29) is 19.1 Å². The number of ether oxygens (including phenoxy) is 4. The van der Waals surface area contributed by atoms with Gasteiger partial charge in [0.05, 0.1) is 19.8 Å². The highest BCUT2D eigenvalue weighted by atomic mass is 16.7. The number of rotatable bonds is 13. The summed E-state index contributed by atoms with van der Waals surface area (Å²) in [5.41, 5.74) is 1.81. The third-order valence-electron chi connectivity index (χ3n) is 4.92. The lowest BCUT2D eigenvalue weighted by Gasteiger charge is -2.19. The molecular weight excluding hydrogens is 480 g/mol.